The largest absolute Gasteiger partial charge is 0.268 e. The van der Waals surface area contributed by atoms with E-state index in [2.05, 4.69) is 0 Å². The average Bonchev–Trinajstić information content (AvgIpc) is 3.23. The molecule has 0 N–H and O–H groups in total. The van der Waals surface area contributed by atoms with E-state index in [9.17, 15) is 8.42 Å². The maximum absolute atomic E-state index is 13.0. The Labute approximate surface area is 138 Å². The van der Waals surface area contributed by atoms with Crippen LogP contribution in [0.4, 0.5) is 0 Å². The smallest absolute Gasteiger partial charge is 0.241 e. The monoisotopic (exact) mass is 339 g/mol. The van der Waals surface area contributed by atoms with Crippen LogP contribution in [0.1, 0.15) is 0 Å². The standard InChI is InChI=1S/C18H13NO2S2/c20-23(21,15-6-2-1-3-7-15)19-12-17(14-10-11-22-13-14)16-8-4-5-9-18(16)19/h1-13H. The van der Waals surface area contributed by atoms with E-state index in [0.717, 1.165) is 16.5 Å². The molecule has 0 aliphatic rings. The van der Waals surface area contributed by atoms with Crippen molar-refractivity contribution in [2.45, 2.75) is 4.90 Å². The molecule has 0 atom stereocenters. The summed E-state index contributed by atoms with van der Waals surface area (Å²) in [5.74, 6) is 0. The van der Waals surface area contributed by atoms with E-state index in [1.807, 2.05) is 47.2 Å². The lowest BCUT2D eigenvalue weighted by molar-refractivity contribution is 0.589. The minimum atomic E-state index is -3.62. The van der Waals surface area contributed by atoms with E-state index in [4.69, 9.17) is 0 Å². The van der Waals surface area contributed by atoms with Gasteiger partial charge in [0.25, 0.3) is 10.0 Å². The third-order valence-corrected chi connectivity index (χ3v) is 6.18. The van der Waals surface area contributed by atoms with E-state index in [-0.39, 0.29) is 4.90 Å². The van der Waals surface area contributed by atoms with Gasteiger partial charge in [0.1, 0.15) is 0 Å². The summed E-state index contributed by atoms with van der Waals surface area (Å²) in [6.45, 7) is 0. The Hall–Kier alpha value is -2.37. The van der Waals surface area contributed by atoms with Gasteiger partial charge in [-0.3, -0.25) is 0 Å². The van der Waals surface area contributed by atoms with Gasteiger partial charge in [0.2, 0.25) is 0 Å². The van der Waals surface area contributed by atoms with Crippen LogP contribution >= 0.6 is 11.3 Å². The van der Waals surface area contributed by atoms with E-state index < -0.39 is 10.0 Å². The van der Waals surface area contributed by atoms with Gasteiger partial charge in [-0.1, -0.05) is 36.4 Å². The lowest BCUT2D eigenvalue weighted by Gasteiger charge is -2.07. The van der Waals surface area contributed by atoms with Crippen LogP contribution in [-0.2, 0) is 10.0 Å². The quantitative estimate of drug-likeness (QED) is 0.547. The van der Waals surface area contributed by atoms with Crippen molar-refractivity contribution in [1.82, 2.24) is 3.97 Å². The highest BCUT2D eigenvalue weighted by atomic mass is 32.2. The van der Waals surface area contributed by atoms with Crippen LogP contribution in [0, 0.1) is 0 Å². The second kappa shape index (κ2) is 5.37. The lowest BCUT2D eigenvalue weighted by Crippen LogP contribution is -2.11. The Morgan fingerprint density at radius 2 is 1.61 bits per heavy atom. The SMILES string of the molecule is O=S(=O)(c1ccccc1)n1cc(-c2ccsc2)c2ccccc21. The molecule has 0 radical (unpaired) electrons. The highest BCUT2D eigenvalue weighted by Gasteiger charge is 2.21. The minimum absolute atomic E-state index is 0.289. The van der Waals surface area contributed by atoms with Crippen LogP contribution in [0.3, 0.4) is 0 Å². The van der Waals surface area contributed by atoms with Gasteiger partial charge in [0.05, 0.1) is 10.4 Å². The van der Waals surface area contributed by atoms with Gasteiger partial charge in [0, 0.05) is 17.1 Å². The second-order valence-corrected chi connectivity index (χ2v) is 7.78. The minimum Gasteiger partial charge on any atom is -0.241 e. The molecule has 0 bridgehead atoms. The van der Waals surface area contributed by atoms with Gasteiger partial charge in [-0.05, 0) is 40.6 Å². The van der Waals surface area contributed by atoms with Gasteiger partial charge >= 0.3 is 0 Å². The third-order valence-electron chi connectivity index (χ3n) is 3.81. The van der Waals surface area contributed by atoms with Crippen molar-refractivity contribution < 1.29 is 8.42 Å². The molecule has 4 aromatic rings. The fourth-order valence-electron chi connectivity index (χ4n) is 2.70. The first-order valence-electron chi connectivity index (χ1n) is 7.11. The van der Waals surface area contributed by atoms with Crippen molar-refractivity contribution in [3.63, 3.8) is 0 Å². The zero-order valence-corrected chi connectivity index (χ0v) is 13.7. The fourth-order valence-corrected chi connectivity index (χ4v) is 4.75. The van der Waals surface area contributed by atoms with E-state index in [1.165, 1.54) is 3.97 Å². The first-order valence-corrected chi connectivity index (χ1v) is 9.49. The Kier molecular flexibility index (Phi) is 3.32. The van der Waals surface area contributed by atoms with E-state index in [1.54, 1.807) is 41.8 Å². The van der Waals surface area contributed by atoms with Gasteiger partial charge in [-0.25, -0.2) is 12.4 Å². The van der Waals surface area contributed by atoms with Crippen LogP contribution < -0.4 is 0 Å². The molecular formula is C18H13NO2S2. The van der Waals surface area contributed by atoms with Gasteiger partial charge in [-0.2, -0.15) is 11.3 Å². The second-order valence-electron chi connectivity index (χ2n) is 5.19. The predicted octanol–water partition coefficient (Wildman–Crippen LogP) is 4.61. The molecule has 3 nitrogen and oxygen atoms in total. The molecule has 2 aromatic carbocycles. The number of thiophene rings is 1. The van der Waals surface area contributed by atoms with Crippen LogP contribution in [0.2, 0.25) is 0 Å². The Bertz CT molecular complexity index is 1060. The summed E-state index contributed by atoms with van der Waals surface area (Å²) in [6, 6.07) is 18.1. The Morgan fingerprint density at radius 1 is 0.870 bits per heavy atom. The number of nitrogens with zero attached hydrogens (tertiary/aromatic N) is 1. The number of hydrogen-bond acceptors (Lipinski definition) is 3. The molecule has 0 saturated carbocycles. The molecule has 23 heavy (non-hydrogen) atoms. The summed E-state index contributed by atoms with van der Waals surface area (Å²) >= 11 is 1.60. The Balaban J connectivity index is 2.02. The maximum atomic E-state index is 13.0. The van der Waals surface area contributed by atoms with Crippen LogP contribution in [0.25, 0.3) is 22.0 Å². The van der Waals surface area contributed by atoms with Crippen LogP contribution in [0.15, 0.2) is 82.5 Å². The molecular weight excluding hydrogens is 326 g/mol. The summed E-state index contributed by atoms with van der Waals surface area (Å²) in [6.07, 6.45) is 1.72. The molecule has 0 saturated heterocycles. The molecule has 5 heteroatoms. The Morgan fingerprint density at radius 3 is 2.35 bits per heavy atom. The van der Waals surface area contributed by atoms with Crippen molar-refractivity contribution >= 4 is 32.3 Å². The summed E-state index contributed by atoms with van der Waals surface area (Å²) in [5, 5.41) is 4.96. The highest BCUT2D eigenvalue weighted by molar-refractivity contribution is 7.90. The predicted molar refractivity (Wildman–Crippen MR) is 94.3 cm³/mol. The van der Waals surface area contributed by atoms with Gasteiger partial charge < -0.3 is 0 Å². The van der Waals surface area contributed by atoms with E-state index in [0.29, 0.717) is 5.52 Å². The number of fused-ring (bicyclic) bond motifs is 1. The topological polar surface area (TPSA) is 39.1 Å². The van der Waals surface area contributed by atoms with Gasteiger partial charge in [0.15, 0.2) is 0 Å². The van der Waals surface area contributed by atoms with Crippen LogP contribution in [-0.4, -0.2) is 12.4 Å². The van der Waals surface area contributed by atoms with Gasteiger partial charge in [-0.15, -0.1) is 0 Å². The zero-order valence-electron chi connectivity index (χ0n) is 12.1. The molecule has 0 amide bonds. The van der Waals surface area contributed by atoms with Crippen molar-refractivity contribution in [1.29, 1.82) is 0 Å². The molecule has 0 fully saturated rings. The van der Waals surface area contributed by atoms with Crippen molar-refractivity contribution in [2.75, 3.05) is 0 Å². The summed E-state index contributed by atoms with van der Waals surface area (Å²) in [7, 11) is -3.62. The lowest BCUT2D eigenvalue weighted by atomic mass is 10.1. The molecule has 114 valence electrons. The molecule has 0 aliphatic carbocycles. The molecule has 0 unspecified atom stereocenters. The number of rotatable bonds is 3. The zero-order chi connectivity index (χ0) is 15.9. The maximum Gasteiger partial charge on any atom is 0.268 e. The fraction of sp³-hybridized carbons (Fsp3) is 0. The molecule has 0 spiro atoms. The molecule has 2 heterocycles. The number of aromatic nitrogens is 1. The molecule has 2 aromatic heterocycles. The summed E-state index contributed by atoms with van der Waals surface area (Å²) in [4.78, 5) is 0.289. The average molecular weight is 339 g/mol. The number of benzene rings is 2. The number of hydrogen-bond donors (Lipinski definition) is 0. The summed E-state index contributed by atoms with van der Waals surface area (Å²) in [5.41, 5.74) is 2.66. The first-order chi connectivity index (χ1) is 11.2. The highest BCUT2D eigenvalue weighted by Crippen LogP contribution is 2.33. The normalized spacial score (nSPS) is 11.8. The molecule has 4 rings (SSSR count). The third kappa shape index (κ3) is 2.29. The van der Waals surface area contributed by atoms with Crippen LogP contribution in [0.5, 0.6) is 0 Å². The van der Waals surface area contributed by atoms with Crippen molar-refractivity contribution in [2.24, 2.45) is 0 Å². The number of para-hydroxylation sites is 1. The van der Waals surface area contributed by atoms with E-state index >= 15 is 0 Å². The summed E-state index contributed by atoms with van der Waals surface area (Å²) < 4.78 is 27.4. The van der Waals surface area contributed by atoms with Crippen molar-refractivity contribution in [3.05, 3.63) is 77.6 Å². The first kappa shape index (κ1) is 14.2. The molecule has 0 aliphatic heterocycles. The van der Waals surface area contributed by atoms with Crippen molar-refractivity contribution in [3.8, 4) is 11.1 Å².